The van der Waals surface area contributed by atoms with Gasteiger partial charge in [-0.25, -0.2) is 0 Å². The van der Waals surface area contributed by atoms with Gasteiger partial charge in [0.15, 0.2) is 0 Å². The summed E-state index contributed by atoms with van der Waals surface area (Å²) in [5.41, 5.74) is 6.22. The van der Waals surface area contributed by atoms with Crippen molar-refractivity contribution in [3.8, 4) is 0 Å². The molecule has 19 heavy (non-hydrogen) atoms. The Morgan fingerprint density at radius 1 is 1.26 bits per heavy atom. The van der Waals surface area contributed by atoms with Crippen LogP contribution in [0.5, 0.6) is 0 Å². The fraction of sp³-hybridized carbons (Fsp3) is 0.357. The van der Waals surface area contributed by atoms with Crippen molar-refractivity contribution in [3.05, 3.63) is 53.9 Å². The van der Waals surface area contributed by atoms with Crippen molar-refractivity contribution in [1.82, 2.24) is 20.4 Å². The molecule has 1 aliphatic carbocycles. The summed E-state index contributed by atoms with van der Waals surface area (Å²) in [6, 6.07) is 4.11. The van der Waals surface area contributed by atoms with Crippen molar-refractivity contribution in [1.29, 1.82) is 0 Å². The number of nitrogens with two attached hydrogens (primary N) is 1. The van der Waals surface area contributed by atoms with Gasteiger partial charge >= 0.3 is 0 Å². The third kappa shape index (κ3) is 2.34. The average molecular weight is 255 g/mol. The molecule has 1 aliphatic rings. The van der Waals surface area contributed by atoms with Gasteiger partial charge in [-0.1, -0.05) is 6.07 Å². The van der Waals surface area contributed by atoms with Gasteiger partial charge in [0.05, 0.1) is 17.9 Å². The largest absolute Gasteiger partial charge is 0.271 e. The van der Waals surface area contributed by atoms with Gasteiger partial charge in [-0.2, -0.15) is 0 Å². The van der Waals surface area contributed by atoms with Gasteiger partial charge in [-0.3, -0.25) is 26.2 Å². The number of aromatic nitrogens is 3. The van der Waals surface area contributed by atoms with Crippen molar-refractivity contribution in [2.75, 3.05) is 0 Å². The summed E-state index contributed by atoms with van der Waals surface area (Å²) < 4.78 is 0. The second kappa shape index (κ2) is 5.42. The molecule has 0 bridgehead atoms. The molecule has 3 N–H and O–H groups in total. The minimum absolute atomic E-state index is 0.0392. The highest BCUT2D eigenvalue weighted by Crippen LogP contribution is 2.37. The summed E-state index contributed by atoms with van der Waals surface area (Å²) in [6.07, 6.45) is 10.3. The highest BCUT2D eigenvalue weighted by molar-refractivity contribution is 5.29. The van der Waals surface area contributed by atoms with E-state index in [9.17, 15) is 0 Å². The molecule has 3 rings (SSSR count). The predicted octanol–water partition coefficient (Wildman–Crippen LogP) is 1.50. The third-order valence-electron chi connectivity index (χ3n) is 3.72. The van der Waals surface area contributed by atoms with Crippen molar-refractivity contribution < 1.29 is 0 Å². The lowest BCUT2D eigenvalue weighted by molar-refractivity contribution is 0.392. The fourth-order valence-corrected chi connectivity index (χ4v) is 2.85. The molecule has 0 amide bonds. The highest BCUT2D eigenvalue weighted by atomic mass is 15.2. The van der Waals surface area contributed by atoms with Crippen LogP contribution in [0.1, 0.15) is 41.8 Å². The van der Waals surface area contributed by atoms with Crippen molar-refractivity contribution >= 4 is 0 Å². The minimum atomic E-state index is -0.0392. The lowest BCUT2D eigenvalue weighted by atomic mass is 9.81. The molecular weight excluding hydrogens is 238 g/mol. The van der Waals surface area contributed by atoms with Crippen LogP contribution in [-0.2, 0) is 6.42 Å². The van der Waals surface area contributed by atoms with Gasteiger partial charge in [0.25, 0.3) is 0 Å². The third-order valence-corrected chi connectivity index (χ3v) is 3.72. The number of fused-ring (bicyclic) bond motifs is 1. The standard InChI is InChI=1S/C14H17N5/c15-19-14(12-9-16-7-8-17-12)11-5-1-3-10-4-2-6-18-13(10)11/h2,4,6-9,11,14,19H,1,3,5,15H2. The average Bonchev–Trinajstić information content (AvgIpc) is 2.49. The number of nitrogens with one attached hydrogen (secondary N) is 1. The Morgan fingerprint density at radius 2 is 2.21 bits per heavy atom. The van der Waals surface area contributed by atoms with Crippen LogP contribution in [0.25, 0.3) is 0 Å². The van der Waals surface area contributed by atoms with E-state index in [0.29, 0.717) is 0 Å². The van der Waals surface area contributed by atoms with Gasteiger partial charge < -0.3 is 0 Å². The number of pyridine rings is 1. The van der Waals surface area contributed by atoms with E-state index in [0.717, 1.165) is 30.7 Å². The minimum Gasteiger partial charge on any atom is -0.271 e. The predicted molar refractivity (Wildman–Crippen MR) is 72.0 cm³/mol. The van der Waals surface area contributed by atoms with Crippen LogP contribution in [0.15, 0.2) is 36.9 Å². The molecule has 5 nitrogen and oxygen atoms in total. The molecule has 0 saturated carbocycles. The zero-order valence-electron chi connectivity index (χ0n) is 10.7. The Hall–Kier alpha value is -1.85. The van der Waals surface area contributed by atoms with E-state index in [-0.39, 0.29) is 12.0 Å². The topological polar surface area (TPSA) is 76.7 Å². The second-order valence-electron chi connectivity index (χ2n) is 4.82. The molecule has 2 unspecified atom stereocenters. The Kier molecular flexibility index (Phi) is 3.48. The summed E-state index contributed by atoms with van der Waals surface area (Å²) >= 11 is 0. The van der Waals surface area contributed by atoms with Gasteiger partial charge in [0, 0.05) is 30.2 Å². The van der Waals surface area contributed by atoms with Crippen LogP contribution in [0.2, 0.25) is 0 Å². The molecule has 5 heteroatoms. The molecule has 2 aromatic heterocycles. The van der Waals surface area contributed by atoms with E-state index in [1.165, 1.54) is 5.56 Å². The molecule has 0 spiro atoms. The quantitative estimate of drug-likeness (QED) is 0.642. The van der Waals surface area contributed by atoms with E-state index < -0.39 is 0 Å². The molecule has 0 saturated heterocycles. The summed E-state index contributed by atoms with van der Waals surface area (Å²) in [5.74, 6) is 6.00. The molecule has 0 aromatic carbocycles. The first-order valence-electron chi connectivity index (χ1n) is 6.56. The van der Waals surface area contributed by atoms with Crippen molar-refractivity contribution in [2.45, 2.75) is 31.2 Å². The maximum Gasteiger partial charge on any atom is 0.0776 e. The molecule has 2 heterocycles. The zero-order valence-corrected chi connectivity index (χ0v) is 10.7. The molecule has 0 aliphatic heterocycles. The summed E-state index contributed by atoms with van der Waals surface area (Å²) in [7, 11) is 0. The Balaban J connectivity index is 1.97. The fourth-order valence-electron chi connectivity index (χ4n) is 2.85. The number of nitrogens with zero attached hydrogens (tertiary/aromatic N) is 3. The first-order valence-corrected chi connectivity index (χ1v) is 6.56. The van der Waals surface area contributed by atoms with Crippen LogP contribution in [0, 0.1) is 0 Å². The number of hydrogen-bond donors (Lipinski definition) is 2. The lowest BCUT2D eigenvalue weighted by Gasteiger charge is -2.30. The summed E-state index contributed by atoms with van der Waals surface area (Å²) in [4.78, 5) is 13.0. The van der Waals surface area contributed by atoms with Crippen LogP contribution in [-0.4, -0.2) is 15.0 Å². The first-order chi connectivity index (χ1) is 9.40. The summed E-state index contributed by atoms with van der Waals surface area (Å²) in [6.45, 7) is 0. The lowest BCUT2D eigenvalue weighted by Crippen LogP contribution is -2.35. The summed E-state index contributed by atoms with van der Waals surface area (Å²) in [5, 5.41) is 0. The number of rotatable bonds is 3. The van der Waals surface area contributed by atoms with Crippen LogP contribution in [0.3, 0.4) is 0 Å². The van der Waals surface area contributed by atoms with Crippen LogP contribution < -0.4 is 11.3 Å². The molecule has 2 atom stereocenters. The van der Waals surface area contributed by atoms with Crippen LogP contribution in [0.4, 0.5) is 0 Å². The van der Waals surface area contributed by atoms with E-state index in [4.69, 9.17) is 5.84 Å². The van der Waals surface area contributed by atoms with Gasteiger partial charge in [0.1, 0.15) is 0 Å². The van der Waals surface area contributed by atoms with Gasteiger partial charge in [0.2, 0.25) is 0 Å². The van der Waals surface area contributed by atoms with Crippen LogP contribution >= 0.6 is 0 Å². The second-order valence-corrected chi connectivity index (χ2v) is 4.82. The molecule has 0 radical (unpaired) electrons. The van der Waals surface area contributed by atoms with E-state index >= 15 is 0 Å². The molecule has 98 valence electrons. The van der Waals surface area contributed by atoms with Crippen molar-refractivity contribution in [2.24, 2.45) is 5.84 Å². The van der Waals surface area contributed by atoms with Gasteiger partial charge in [-0.05, 0) is 30.9 Å². The molecular formula is C14H17N5. The number of aryl methyl sites for hydroxylation is 1. The Labute approximate surface area is 112 Å². The SMILES string of the molecule is NNC(c1cnccn1)C1CCCc2cccnc21. The molecule has 0 fully saturated rings. The van der Waals surface area contributed by atoms with E-state index in [1.54, 1.807) is 18.6 Å². The van der Waals surface area contributed by atoms with E-state index in [2.05, 4.69) is 26.4 Å². The van der Waals surface area contributed by atoms with Crippen molar-refractivity contribution in [3.63, 3.8) is 0 Å². The normalized spacial score (nSPS) is 19.7. The first kappa shape index (κ1) is 12.2. The maximum atomic E-state index is 5.75. The number of hydrogen-bond acceptors (Lipinski definition) is 5. The molecule has 2 aromatic rings. The highest BCUT2D eigenvalue weighted by Gasteiger charge is 2.30. The van der Waals surface area contributed by atoms with Gasteiger partial charge in [-0.15, -0.1) is 0 Å². The monoisotopic (exact) mass is 255 g/mol. The van der Waals surface area contributed by atoms with E-state index in [1.807, 2.05) is 12.3 Å². The zero-order chi connectivity index (χ0) is 13.1. The maximum absolute atomic E-state index is 5.75. The Bertz CT molecular complexity index is 543. The smallest absolute Gasteiger partial charge is 0.0776 e. The Morgan fingerprint density at radius 3 is 3.00 bits per heavy atom. The number of hydrazine groups is 1.